The second-order valence-electron chi connectivity index (χ2n) is 2.47. The molecule has 0 saturated heterocycles. The minimum atomic E-state index is 0.0174. The number of benzene rings is 1. The first-order chi connectivity index (χ1) is 6.24. The van der Waals surface area contributed by atoms with Crippen LogP contribution in [0.5, 0.6) is 0 Å². The molecule has 1 aromatic carbocycles. The fourth-order valence-electron chi connectivity index (χ4n) is 0.861. The highest BCUT2D eigenvalue weighted by Gasteiger charge is 2.02. The van der Waals surface area contributed by atoms with Gasteiger partial charge in [-0.25, -0.2) is 0 Å². The summed E-state index contributed by atoms with van der Waals surface area (Å²) in [6, 6.07) is 7.54. The van der Waals surface area contributed by atoms with E-state index in [1.54, 1.807) is 0 Å². The van der Waals surface area contributed by atoms with Crippen molar-refractivity contribution in [3.63, 3.8) is 0 Å². The van der Waals surface area contributed by atoms with E-state index in [0.29, 0.717) is 11.8 Å². The molecule has 0 aromatic heterocycles. The Morgan fingerprint density at radius 2 is 2.08 bits per heavy atom. The highest BCUT2D eigenvalue weighted by atomic mass is 79.9. The first-order valence-electron chi connectivity index (χ1n) is 3.84. The number of alkyl halides is 1. The minimum Gasteiger partial charge on any atom is -0.325 e. The van der Waals surface area contributed by atoms with Crippen molar-refractivity contribution in [2.75, 3.05) is 10.6 Å². The average molecular weight is 307 g/mol. The molecule has 0 unspecified atom stereocenters. The Kier molecular flexibility index (Phi) is 4.45. The van der Waals surface area contributed by atoms with E-state index in [0.717, 1.165) is 10.2 Å². The standard InChI is InChI=1S/C9H9Br2NO/c10-6-5-9(13)12-8-4-2-1-3-7(8)11/h1-4H,5-6H2,(H,12,13). The van der Waals surface area contributed by atoms with Crippen molar-refractivity contribution in [3.8, 4) is 0 Å². The number of para-hydroxylation sites is 1. The molecule has 13 heavy (non-hydrogen) atoms. The van der Waals surface area contributed by atoms with E-state index in [4.69, 9.17) is 0 Å². The lowest BCUT2D eigenvalue weighted by atomic mass is 10.3. The summed E-state index contributed by atoms with van der Waals surface area (Å²) in [6.45, 7) is 0. The molecule has 1 aromatic rings. The Labute approximate surface area is 94.0 Å². The van der Waals surface area contributed by atoms with Gasteiger partial charge in [0.05, 0.1) is 5.69 Å². The number of anilines is 1. The molecule has 1 N–H and O–H groups in total. The van der Waals surface area contributed by atoms with Gasteiger partial charge in [-0.05, 0) is 28.1 Å². The molecule has 2 nitrogen and oxygen atoms in total. The summed E-state index contributed by atoms with van der Waals surface area (Å²) in [7, 11) is 0. The summed E-state index contributed by atoms with van der Waals surface area (Å²) >= 11 is 6.56. The van der Waals surface area contributed by atoms with E-state index in [1.165, 1.54) is 0 Å². The fourth-order valence-corrected chi connectivity index (χ4v) is 1.61. The molecular formula is C9H9Br2NO. The van der Waals surface area contributed by atoms with Crippen LogP contribution in [-0.2, 0) is 4.79 Å². The number of hydrogen-bond donors (Lipinski definition) is 1. The van der Waals surface area contributed by atoms with Crippen molar-refractivity contribution in [2.24, 2.45) is 0 Å². The van der Waals surface area contributed by atoms with Gasteiger partial charge in [-0.2, -0.15) is 0 Å². The zero-order chi connectivity index (χ0) is 9.68. The van der Waals surface area contributed by atoms with Gasteiger partial charge < -0.3 is 5.32 Å². The number of halogens is 2. The SMILES string of the molecule is O=C(CCBr)Nc1ccccc1Br. The van der Waals surface area contributed by atoms with Gasteiger partial charge in [0.25, 0.3) is 0 Å². The van der Waals surface area contributed by atoms with Crippen LogP contribution in [-0.4, -0.2) is 11.2 Å². The monoisotopic (exact) mass is 305 g/mol. The molecule has 4 heteroatoms. The number of carbonyl (C=O) groups excluding carboxylic acids is 1. The van der Waals surface area contributed by atoms with E-state index < -0.39 is 0 Å². The number of nitrogens with one attached hydrogen (secondary N) is 1. The zero-order valence-electron chi connectivity index (χ0n) is 6.89. The summed E-state index contributed by atoms with van der Waals surface area (Å²) in [5, 5.41) is 3.48. The van der Waals surface area contributed by atoms with Crippen LogP contribution in [0.3, 0.4) is 0 Å². The van der Waals surface area contributed by atoms with Crippen molar-refractivity contribution < 1.29 is 4.79 Å². The van der Waals surface area contributed by atoms with Gasteiger partial charge in [-0.3, -0.25) is 4.79 Å². The molecular weight excluding hydrogens is 298 g/mol. The van der Waals surface area contributed by atoms with Gasteiger partial charge in [0, 0.05) is 16.2 Å². The Morgan fingerprint density at radius 1 is 1.38 bits per heavy atom. The van der Waals surface area contributed by atoms with Gasteiger partial charge in [0.1, 0.15) is 0 Å². The van der Waals surface area contributed by atoms with Gasteiger partial charge in [-0.15, -0.1) is 0 Å². The number of amides is 1. The second-order valence-corrected chi connectivity index (χ2v) is 4.11. The molecule has 0 heterocycles. The van der Waals surface area contributed by atoms with E-state index in [1.807, 2.05) is 24.3 Å². The maximum atomic E-state index is 11.2. The first-order valence-corrected chi connectivity index (χ1v) is 5.76. The van der Waals surface area contributed by atoms with Crippen LogP contribution in [0.25, 0.3) is 0 Å². The molecule has 0 atom stereocenters. The Hall–Kier alpha value is -0.350. The number of hydrogen-bond acceptors (Lipinski definition) is 1. The summed E-state index contributed by atoms with van der Waals surface area (Å²) in [5.74, 6) is 0.0174. The maximum absolute atomic E-state index is 11.2. The molecule has 0 bridgehead atoms. The molecule has 1 rings (SSSR count). The van der Waals surface area contributed by atoms with Crippen molar-refractivity contribution in [2.45, 2.75) is 6.42 Å². The third kappa shape index (κ3) is 3.48. The van der Waals surface area contributed by atoms with E-state index >= 15 is 0 Å². The van der Waals surface area contributed by atoms with Crippen LogP contribution in [0, 0.1) is 0 Å². The van der Waals surface area contributed by atoms with E-state index in [-0.39, 0.29) is 5.91 Å². The molecule has 0 aliphatic carbocycles. The molecule has 0 spiro atoms. The number of rotatable bonds is 3. The largest absolute Gasteiger partial charge is 0.325 e. The summed E-state index contributed by atoms with van der Waals surface area (Å²) < 4.78 is 0.901. The average Bonchev–Trinajstić information content (AvgIpc) is 2.09. The lowest BCUT2D eigenvalue weighted by Gasteiger charge is -2.05. The van der Waals surface area contributed by atoms with Crippen molar-refractivity contribution >= 4 is 43.5 Å². The van der Waals surface area contributed by atoms with Crippen LogP contribution in [0.4, 0.5) is 5.69 Å². The van der Waals surface area contributed by atoms with Crippen LogP contribution >= 0.6 is 31.9 Å². The molecule has 0 saturated carbocycles. The Bertz CT molecular complexity index is 301. The van der Waals surface area contributed by atoms with Gasteiger partial charge in [0.2, 0.25) is 5.91 Å². The predicted molar refractivity (Wildman–Crippen MR) is 61.2 cm³/mol. The molecule has 0 fully saturated rings. The zero-order valence-corrected chi connectivity index (χ0v) is 10.1. The van der Waals surface area contributed by atoms with Crippen LogP contribution in [0.1, 0.15) is 6.42 Å². The molecule has 0 radical (unpaired) electrons. The first kappa shape index (κ1) is 10.7. The smallest absolute Gasteiger partial charge is 0.225 e. The molecule has 70 valence electrons. The quantitative estimate of drug-likeness (QED) is 0.854. The van der Waals surface area contributed by atoms with Crippen molar-refractivity contribution in [3.05, 3.63) is 28.7 Å². The van der Waals surface area contributed by atoms with Crippen molar-refractivity contribution in [1.82, 2.24) is 0 Å². The summed E-state index contributed by atoms with van der Waals surface area (Å²) in [6.07, 6.45) is 0.487. The van der Waals surface area contributed by atoms with Gasteiger partial charge >= 0.3 is 0 Å². The molecule has 1 amide bonds. The van der Waals surface area contributed by atoms with E-state index in [9.17, 15) is 4.79 Å². The normalized spacial score (nSPS) is 9.69. The van der Waals surface area contributed by atoms with Crippen LogP contribution in [0.2, 0.25) is 0 Å². The Morgan fingerprint density at radius 3 is 2.69 bits per heavy atom. The molecule has 0 aliphatic rings. The lowest BCUT2D eigenvalue weighted by molar-refractivity contribution is -0.115. The summed E-state index contributed by atoms with van der Waals surface area (Å²) in [5.41, 5.74) is 0.813. The topological polar surface area (TPSA) is 29.1 Å². The second kappa shape index (κ2) is 5.40. The third-order valence-electron chi connectivity index (χ3n) is 1.47. The van der Waals surface area contributed by atoms with Crippen LogP contribution in [0.15, 0.2) is 28.7 Å². The molecule has 0 aliphatic heterocycles. The summed E-state index contributed by atoms with van der Waals surface area (Å²) in [4.78, 5) is 11.2. The van der Waals surface area contributed by atoms with Gasteiger partial charge in [-0.1, -0.05) is 28.1 Å². The number of carbonyl (C=O) groups is 1. The predicted octanol–water partition coefficient (Wildman–Crippen LogP) is 3.17. The lowest BCUT2D eigenvalue weighted by Crippen LogP contribution is -2.11. The van der Waals surface area contributed by atoms with Gasteiger partial charge in [0.15, 0.2) is 0 Å². The fraction of sp³-hybridized carbons (Fsp3) is 0.222. The Balaban J connectivity index is 2.63. The highest BCUT2D eigenvalue weighted by molar-refractivity contribution is 9.10. The third-order valence-corrected chi connectivity index (χ3v) is 2.56. The van der Waals surface area contributed by atoms with Crippen LogP contribution < -0.4 is 5.32 Å². The van der Waals surface area contributed by atoms with E-state index in [2.05, 4.69) is 37.2 Å². The van der Waals surface area contributed by atoms with Crippen molar-refractivity contribution in [1.29, 1.82) is 0 Å². The minimum absolute atomic E-state index is 0.0174. The maximum Gasteiger partial charge on any atom is 0.225 e. The highest BCUT2D eigenvalue weighted by Crippen LogP contribution is 2.21.